The normalized spacial score (nSPS) is 16.0. The Balaban J connectivity index is 1.57. The molecule has 1 amide bonds. The Morgan fingerprint density at radius 2 is 1.83 bits per heavy atom. The van der Waals surface area contributed by atoms with E-state index in [4.69, 9.17) is 0 Å². The van der Waals surface area contributed by atoms with Crippen molar-refractivity contribution in [1.29, 1.82) is 0 Å². The number of carbonyl (C=O) groups excluding carboxylic acids is 1. The van der Waals surface area contributed by atoms with Crippen LogP contribution >= 0.6 is 11.3 Å². The van der Waals surface area contributed by atoms with E-state index in [1.165, 1.54) is 13.1 Å². The molecular weight excluding hydrogens is 413 g/mol. The number of rotatable bonds is 5. The van der Waals surface area contributed by atoms with Crippen LogP contribution in [0, 0.1) is 10.1 Å². The van der Waals surface area contributed by atoms with Crippen molar-refractivity contribution in [2.24, 2.45) is 0 Å². The van der Waals surface area contributed by atoms with Crippen molar-refractivity contribution in [3.63, 3.8) is 0 Å². The molecule has 1 unspecified atom stereocenters. The fourth-order valence-electron chi connectivity index (χ4n) is 2.74. The third-order valence-electron chi connectivity index (χ3n) is 4.41. The Labute approximate surface area is 167 Å². The van der Waals surface area contributed by atoms with Gasteiger partial charge in [0.15, 0.2) is 5.01 Å². The van der Waals surface area contributed by atoms with Crippen molar-refractivity contribution in [2.75, 3.05) is 31.1 Å². The van der Waals surface area contributed by atoms with Gasteiger partial charge in [-0.2, -0.15) is 13.2 Å². The van der Waals surface area contributed by atoms with E-state index in [-0.39, 0.29) is 28.2 Å². The van der Waals surface area contributed by atoms with E-state index in [9.17, 15) is 28.1 Å². The summed E-state index contributed by atoms with van der Waals surface area (Å²) in [6.45, 7) is 2.90. The third-order valence-corrected chi connectivity index (χ3v) is 5.42. The van der Waals surface area contributed by atoms with Gasteiger partial charge in [0.05, 0.1) is 12.0 Å². The molecule has 1 fully saturated rings. The van der Waals surface area contributed by atoms with E-state index in [0.29, 0.717) is 31.1 Å². The monoisotopic (exact) mass is 430 g/mol. The van der Waals surface area contributed by atoms with Crippen LogP contribution in [0.2, 0.25) is 0 Å². The van der Waals surface area contributed by atoms with Crippen LogP contribution in [0.3, 0.4) is 0 Å². The maximum Gasteiger partial charge on any atom is 0.419 e. The molecule has 0 bridgehead atoms. The van der Waals surface area contributed by atoms with Crippen molar-refractivity contribution in [3.8, 4) is 0 Å². The quantitative estimate of drug-likeness (QED) is 0.528. The minimum atomic E-state index is -4.49. The first-order valence-electron chi connectivity index (χ1n) is 8.67. The average Bonchev–Trinajstić information content (AvgIpc) is 3.15. The van der Waals surface area contributed by atoms with E-state index >= 15 is 0 Å². The molecule has 1 aliphatic rings. The zero-order chi connectivity index (χ0) is 21.2. The number of halogens is 3. The summed E-state index contributed by atoms with van der Waals surface area (Å²) in [5.74, 6) is -0.0987. The minimum Gasteiger partial charge on any atom is -0.337 e. The molecule has 3 heterocycles. The molecule has 156 valence electrons. The SMILES string of the molecule is CC(Cc1cnc(C(=O)N2CCN(c3ncc(C(F)(F)F)cn3)CC2)s1)[N+](=O)[O-]. The van der Waals surface area contributed by atoms with E-state index in [1.54, 1.807) is 9.80 Å². The first-order valence-corrected chi connectivity index (χ1v) is 9.48. The summed E-state index contributed by atoms with van der Waals surface area (Å²) in [5.41, 5.74) is -0.916. The molecular formula is C16H17F3N6O3S. The Morgan fingerprint density at radius 3 is 2.38 bits per heavy atom. The zero-order valence-corrected chi connectivity index (χ0v) is 16.1. The Kier molecular flexibility index (Phi) is 5.96. The molecule has 13 heteroatoms. The van der Waals surface area contributed by atoms with Gasteiger partial charge in [0.1, 0.15) is 0 Å². The van der Waals surface area contributed by atoms with Crippen LogP contribution in [0.5, 0.6) is 0 Å². The van der Waals surface area contributed by atoms with Crippen LogP contribution < -0.4 is 4.90 Å². The van der Waals surface area contributed by atoms with Crippen LogP contribution in [-0.2, 0) is 12.6 Å². The van der Waals surface area contributed by atoms with Crippen LogP contribution in [0.4, 0.5) is 19.1 Å². The first-order chi connectivity index (χ1) is 13.6. The number of anilines is 1. The van der Waals surface area contributed by atoms with Gasteiger partial charge in [0.25, 0.3) is 5.91 Å². The highest BCUT2D eigenvalue weighted by atomic mass is 32.1. The van der Waals surface area contributed by atoms with Crippen LogP contribution in [0.15, 0.2) is 18.6 Å². The summed E-state index contributed by atoms with van der Waals surface area (Å²) >= 11 is 1.13. The number of aromatic nitrogens is 3. The van der Waals surface area contributed by atoms with Crippen molar-refractivity contribution < 1.29 is 22.9 Å². The maximum atomic E-state index is 12.6. The number of nitrogens with zero attached hydrogens (tertiary/aromatic N) is 6. The number of nitro groups is 1. The van der Waals surface area contributed by atoms with Gasteiger partial charge in [-0.15, -0.1) is 11.3 Å². The highest BCUT2D eigenvalue weighted by Crippen LogP contribution is 2.28. The fourth-order valence-corrected chi connectivity index (χ4v) is 3.74. The lowest BCUT2D eigenvalue weighted by Crippen LogP contribution is -2.49. The zero-order valence-electron chi connectivity index (χ0n) is 15.3. The molecule has 1 saturated heterocycles. The maximum absolute atomic E-state index is 12.6. The molecule has 1 aliphatic heterocycles. The number of carbonyl (C=O) groups is 1. The molecule has 3 rings (SSSR count). The lowest BCUT2D eigenvalue weighted by molar-refractivity contribution is -0.517. The van der Waals surface area contributed by atoms with Gasteiger partial charge in [0.2, 0.25) is 12.0 Å². The number of alkyl halides is 3. The Bertz CT molecular complexity index is 881. The molecule has 29 heavy (non-hydrogen) atoms. The van der Waals surface area contributed by atoms with E-state index in [1.807, 2.05) is 0 Å². The molecule has 0 radical (unpaired) electrons. The van der Waals surface area contributed by atoms with Gasteiger partial charge in [-0.3, -0.25) is 14.9 Å². The number of hydrogen-bond acceptors (Lipinski definition) is 8. The molecule has 0 saturated carbocycles. The molecule has 0 spiro atoms. The lowest BCUT2D eigenvalue weighted by atomic mass is 10.2. The number of amides is 1. The van der Waals surface area contributed by atoms with Crippen molar-refractivity contribution in [1.82, 2.24) is 19.9 Å². The van der Waals surface area contributed by atoms with E-state index < -0.39 is 17.8 Å². The number of thiazole rings is 1. The second kappa shape index (κ2) is 8.27. The first kappa shape index (κ1) is 20.9. The van der Waals surface area contributed by atoms with Gasteiger partial charge >= 0.3 is 6.18 Å². The predicted molar refractivity (Wildman–Crippen MR) is 97.4 cm³/mol. The lowest BCUT2D eigenvalue weighted by Gasteiger charge is -2.34. The largest absolute Gasteiger partial charge is 0.419 e. The van der Waals surface area contributed by atoms with E-state index in [0.717, 1.165) is 23.7 Å². The van der Waals surface area contributed by atoms with Crippen LogP contribution in [0.25, 0.3) is 0 Å². The third kappa shape index (κ3) is 4.96. The van der Waals surface area contributed by atoms with Gasteiger partial charge in [-0.25, -0.2) is 15.0 Å². The highest BCUT2D eigenvalue weighted by Gasteiger charge is 2.32. The summed E-state index contributed by atoms with van der Waals surface area (Å²) in [5, 5.41) is 11.0. The molecule has 0 aliphatic carbocycles. The predicted octanol–water partition coefficient (Wildman–Crippen LogP) is 2.12. The molecule has 1 atom stereocenters. The molecule has 9 nitrogen and oxygen atoms in total. The van der Waals surface area contributed by atoms with Crippen molar-refractivity contribution in [3.05, 3.63) is 44.2 Å². The minimum absolute atomic E-state index is 0.176. The number of hydrogen-bond donors (Lipinski definition) is 0. The summed E-state index contributed by atoms with van der Waals surface area (Å²) in [4.78, 5) is 38.5. The standard InChI is InChI=1S/C16H17F3N6O3S/c1-10(25(27)28)6-12-9-20-13(29-12)14(26)23-2-4-24(5-3-23)15-21-7-11(8-22-15)16(17,18)19/h7-10H,2-6H2,1H3. The number of piperazine rings is 1. The fraction of sp³-hybridized carbons (Fsp3) is 0.500. The van der Waals surface area contributed by atoms with Gasteiger partial charge < -0.3 is 9.80 Å². The Morgan fingerprint density at radius 1 is 1.21 bits per heavy atom. The Hall–Kier alpha value is -2.83. The summed E-state index contributed by atoms with van der Waals surface area (Å²) in [6.07, 6.45) is -1.33. The van der Waals surface area contributed by atoms with E-state index in [2.05, 4.69) is 15.0 Å². The highest BCUT2D eigenvalue weighted by molar-refractivity contribution is 7.13. The van der Waals surface area contributed by atoms with Crippen molar-refractivity contribution in [2.45, 2.75) is 25.6 Å². The second-order valence-corrected chi connectivity index (χ2v) is 7.63. The van der Waals surface area contributed by atoms with Gasteiger partial charge in [-0.1, -0.05) is 0 Å². The molecule has 0 aromatic carbocycles. The molecule has 0 N–H and O–H groups in total. The van der Waals surface area contributed by atoms with Crippen LogP contribution in [-0.4, -0.2) is 62.9 Å². The molecule has 2 aromatic heterocycles. The van der Waals surface area contributed by atoms with Gasteiger partial charge in [-0.05, 0) is 0 Å². The average molecular weight is 430 g/mol. The van der Waals surface area contributed by atoms with Crippen molar-refractivity contribution >= 4 is 23.2 Å². The smallest absolute Gasteiger partial charge is 0.337 e. The summed E-state index contributed by atoms with van der Waals surface area (Å²) in [6, 6.07) is -0.759. The molecule has 2 aromatic rings. The summed E-state index contributed by atoms with van der Waals surface area (Å²) in [7, 11) is 0. The second-order valence-electron chi connectivity index (χ2n) is 6.52. The van der Waals surface area contributed by atoms with Crippen LogP contribution in [0.1, 0.15) is 27.2 Å². The summed E-state index contributed by atoms with van der Waals surface area (Å²) < 4.78 is 37.8. The van der Waals surface area contributed by atoms with Gasteiger partial charge in [0, 0.05) is 61.5 Å². The topological polar surface area (TPSA) is 105 Å².